The van der Waals surface area contributed by atoms with Gasteiger partial charge in [0.2, 0.25) is 0 Å². The number of halogens is 3. The van der Waals surface area contributed by atoms with Crippen molar-refractivity contribution >= 4 is 22.5 Å². The first-order chi connectivity index (χ1) is 16.7. The summed E-state index contributed by atoms with van der Waals surface area (Å²) in [5.41, 5.74) is 2.72. The minimum absolute atomic E-state index is 0.220. The Bertz CT molecular complexity index is 1110. The van der Waals surface area contributed by atoms with Crippen LogP contribution >= 0.6 is 11.6 Å². The summed E-state index contributed by atoms with van der Waals surface area (Å²) in [5, 5.41) is 2.01. The molecule has 1 aromatic heterocycles. The summed E-state index contributed by atoms with van der Waals surface area (Å²) in [6, 6.07) is 16.2. The van der Waals surface area contributed by atoms with E-state index in [4.69, 9.17) is 16.3 Å². The van der Waals surface area contributed by atoms with Gasteiger partial charge in [-0.2, -0.15) is 0 Å². The van der Waals surface area contributed by atoms with Gasteiger partial charge in [-0.3, -0.25) is 14.2 Å². The monoisotopic (exact) mass is 503 g/mol. The fourth-order valence-corrected chi connectivity index (χ4v) is 5.08. The second-order valence-electron chi connectivity index (χ2n) is 10.3. The van der Waals surface area contributed by atoms with Crippen molar-refractivity contribution in [3.63, 3.8) is 0 Å². The average molecular weight is 504 g/mol. The van der Waals surface area contributed by atoms with Gasteiger partial charge in [-0.25, -0.2) is 4.39 Å². The van der Waals surface area contributed by atoms with E-state index in [0.29, 0.717) is 24.0 Å². The lowest BCUT2D eigenvalue weighted by Gasteiger charge is -2.38. The molecule has 2 aliphatic rings. The normalized spacial score (nSPS) is 19.1. The highest BCUT2D eigenvalue weighted by Crippen LogP contribution is 2.31. The molecule has 1 N–H and O–H groups in total. The van der Waals surface area contributed by atoms with Crippen molar-refractivity contribution < 1.29 is 13.5 Å². The van der Waals surface area contributed by atoms with E-state index in [0.717, 1.165) is 38.3 Å². The lowest BCUT2D eigenvalue weighted by Crippen LogP contribution is -2.53. The van der Waals surface area contributed by atoms with Crippen molar-refractivity contribution in [2.75, 3.05) is 32.9 Å². The molecule has 7 heteroatoms. The van der Waals surface area contributed by atoms with Crippen LogP contribution in [0, 0.1) is 0 Å². The van der Waals surface area contributed by atoms with E-state index in [2.05, 4.69) is 46.0 Å². The molecule has 2 aromatic carbocycles. The Balaban J connectivity index is 0.000000168. The molecule has 0 saturated carbocycles. The number of H-pyrrole nitrogens is 1. The number of aromatic amines is 1. The first-order valence-corrected chi connectivity index (χ1v) is 12.8. The number of para-hydroxylation sites is 1. The molecule has 0 amide bonds. The fraction of sp³-hybridized carbons (Fsp3) is 0.500. The zero-order valence-corrected chi connectivity index (χ0v) is 21.6. The molecule has 3 aromatic rings. The first kappa shape index (κ1) is 25.9. The number of ether oxygens (including phenoxy) is 1. The van der Waals surface area contributed by atoms with Crippen LogP contribution in [0.25, 0.3) is 10.9 Å². The van der Waals surface area contributed by atoms with E-state index in [1.165, 1.54) is 22.2 Å². The highest BCUT2D eigenvalue weighted by Gasteiger charge is 2.30. The molecule has 0 unspecified atom stereocenters. The van der Waals surface area contributed by atoms with E-state index in [1.54, 1.807) is 13.8 Å². The highest BCUT2D eigenvalue weighted by molar-refractivity contribution is 6.30. The summed E-state index contributed by atoms with van der Waals surface area (Å²) < 4.78 is 31.5. The van der Waals surface area contributed by atoms with Crippen LogP contribution in [0.2, 0.25) is 5.02 Å². The molecule has 35 heavy (non-hydrogen) atoms. The minimum atomic E-state index is -1.14. The summed E-state index contributed by atoms with van der Waals surface area (Å²) in [6.07, 6.45) is 1.83. The summed E-state index contributed by atoms with van der Waals surface area (Å²) >= 11 is 5.85. The maximum absolute atomic E-state index is 13.9. The van der Waals surface area contributed by atoms with Gasteiger partial charge in [0.15, 0.2) is 0 Å². The van der Waals surface area contributed by atoms with Gasteiger partial charge in [-0.15, -0.1) is 0 Å². The number of fused-ring (bicyclic) bond motifs is 3. The first-order valence-electron chi connectivity index (χ1n) is 12.4. The zero-order valence-electron chi connectivity index (χ0n) is 20.9. The van der Waals surface area contributed by atoms with Gasteiger partial charge < -0.3 is 9.72 Å². The molecule has 190 valence electrons. The van der Waals surface area contributed by atoms with Crippen LogP contribution in [0.4, 0.5) is 8.78 Å². The van der Waals surface area contributed by atoms with Crippen molar-refractivity contribution in [2.45, 2.75) is 58.0 Å². The number of alkyl halides is 2. The van der Waals surface area contributed by atoms with Gasteiger partial charge >= 0.3 is 0 Å². The van der Waals surface area contributed by atoms with Crippen LogP contribution < -0.4 is 4.74 Å². The molecule has 1 atom stereocenters. The van der Waals surface area contributed by atoms with Crippen molar-refractivity contribution in [1.29, 1.82) is 0 Å². The van der Waals surface area contributed by atoms with E-state index in [-0.39, 0.29) is 12.8 Å². The van der Waals surface area contributed by atoms with Crippen LogP contribution in [-0.2, 0) is 13.0 Å². The second kappa shape index (κ2) is 11.3. The number of nitrogens with one attached hydrogen (secondary N) is 1. The summed E-state index contributed by atoms with van der Waals surface area (Å²) in [6.45, 7) is 9.15. The van der Waals surface area contributed by atoms with Crippen LogP contribution in [-0.4, -0.2) is 65.5 Å². The zero-order chi connectivity index (χ0) is 25.0. The maximum Gasteiger partial charge on any atom is 0.124 e. The van der Waals surface area contributed by atoms with Crippen molar-refractivity contribution in [1.82, 2.24) is 14.8 Å². The van der Waals surface area contributed by atoms with Crippen LogP contribution in [0.1, 0.15) is 38.4 Å². The molecule has 1 fully saturated rings. The van der Waals surface area contributed by atoms with E-state index < -0.39 is 5.67 Å². The van der Waals surface area contributed by atoms with Gasteiger partial charge in [0, 0.05) is 60.4 Å². The number of nitrogens with zero attached hydrogens (tertiary/aromatic N) is 2. The standard InChI is InChI=1S/C16H21FN2.C12H15ClFNO/c1-11-8-13-12-6-4-5-7-14(12)18-15(13)9-19(11)10-16(2,3)17;13-10-3-1-4-11(7-10)16-12-8-15(9-12)6-2-5-14/h4-7,11,18H,8-10H2,1-3H3;1,3-4,7,12H,2,5-6,8-9H2/t11-;/m1./s1. The molecule has 3 heterocycles. The summed E-state index contributed by atoms with van der Waals surface area (Å²) in [4.78, 5) is 7.91. The topological polar surface area (TPSA) is 31.5 Å². The highest BCUT2D eigenvalue weighted by atomic mass is 35.5. The van der Waals surface area contributed by atoms with E-state index in [1.807, 2.05) is 24.3 Å². The molecule has 4 nitrogen and oxygen atoms in total. The minimum Gasteiger partial charge on any atom is -0.488 e. The average Bonchev–Trinajstić information content (AvgIpc) is 3.12. The van der Waals surface area contributed by atoms with Crippen LogP contribution in [0.5, 0.6) is 5.75 Å². The molecular weight excluding hydrogens is 468 g/mol. The largest absolute Gasteiger partial charge is 0.488 e. The third-order valence-corrected chi connectivity index (χ3v) is 6.83. The predicted octanol–water partition coefficient (Wildman–Crippen LogP) is 6.43. The number of hydrogen-bond acceptors (Lipinski definition) is 3. The Labute approximate surface area is 212 Å². The lowest BCUT2D eigenvalue weighted by molar-refractivity contribution is 0.0184. The third-order valence-electron chi connectivity index (χ3n) is 6.60. The van der Waals surface area contributed by atoms with Gasteiger partial charge in [-0.1, -0.05) is 35.9 Å². The molecular formula is C28H36ClF2N3O. The van der Waals surface area contributed by atoms with Crippen molar-refractivity contribution in [3.8, 4) is 5.75 Å². The third kappa shape index (κ3) is 6.96. The quantitative estimate of drug-likeness (QED) is 0.403. The van der Waals surface area contributed by atoms with Gasteiger partial charge in [0.25, 0.3) is 0 Å². The maximum atomic E-state index is 13.9. The number of benzene rings is 2. The fourth-order valence-electron chi connectivity index (χ4n) is 4.90. The van der Waals surface area contributed by atoms with Gasteiger partial charge in [-0.05, 0) is 63.4 Å². The number of hydrogen-bond donors (Lipinski definition) is 1. The summed E-state index contributed by atoms with van der Waals surface area (Å²) in [5.74, 6) is 0.808. The Hall–Kier alpha value is -2.15. The Morgan fingerprint density at radius 2 is 1.91 bits per heavy atom. The van der Waals surface area contributed by atoms with Gasteiger partial charge in [0.05, 0.1) is 6.67 Å². The molecule has 0 spiro atoms. The molecule has 0 radical (unpaired) electrons. The van der Waals surface area contributed by atoms with E-state index >= 15 is 0 Å². The second-order valence-corrected chi connectivity index (χ2v) is 10.7. The lowest BCUT2D eigenvalue weighted by atomic mass is 9.96. The Morgan fingerprint density at radius 1 is 1.14 bits per heavy atom. The van der Waals surface area contributed by atoms with Crippen LogP contribution in [0.3, 0.4) is 0 Å². The molecule has 0 aliphatic carbocycles. The Morgan fingerprint density at radius 3 is 2.63 bits per heavy atom. The smallest absolute Gasteiger partial charge is 0.124 e. The Kier molecular flexibility index (Phi) is 8.35. The number of aromatic nitrogens is 1. The van der Waals surface area contributed by atoms with Crippen LogP contribution in [0.15, 0.2) is 48.5 Å². The van der Waals surface area contributed by atoms with Crippen molar-refractivity contribution in [3.05, 3.63) is 64.8 Å². The van der Waals surface area contributed by atoms with Crippen molar-refractivity contribution in [2.24, 2.45) is 0 Å². The number of likely N-dealkylation sites (tertiary alicyclic amines) is 1. The molecule has 1 saturated heterocycles. The summed E-state index contributed by atoms with van der Waals surface area (Å²) in [7, 11) is 0. The predicted molar refractivity (Wildman–Crippen MR) is 140 cm³/mol. The molecule has 5 rings (SSSR count). The number of rotatable bonds is 7. The molecule has 2 aliphatic heterocycles. The SMILES string of the molecule is C[C@@H]1Cc2c([nH]c3ccccc23)CN1CC(C)(C)F.FCCCN1CC(Oc2cccc(Cl)c2)C1. The van der Waals surface area contributed by atoms with Gasteiger partial charge in [0.1, 0.15) is 17.5 Å². The molecule has 0 bridgehead atoms. The van der Waals surface area contributed by atoms with E-state index in [9.17, 15) is 8.78 Å².